The Labute approximate surface area is 123 Å². The second-order valence-corrected chi connectivity index (χ2v) is 6.09. The highest BCUT2D eigenvalue weighted by molar-refractivity contribution is 5.99. The van der Waals surface area contributed by atoms with Gasteiger partial charge in [0.05, 0.1) is 24.5 Å². The van der Waals surface area contributed by atoms with Crippen LogP contribution in [0.25, 0.3) is 0 Å². The van der Waals surface area contributed by atoms with Gasteiger partial charge in [-0.2, -0.15) is 5.10 Å². The molecule has 1 heterocycles. The first-order valence-electron chi connectivity index (χ1n) is 6.86. The maximum absolute atomic E-state index is 12.2. The zero-order chi connectivity index (χ0) is 15.8. The largest absolute Gasteiger partial charge is 0.481 e. The van der Waals surface area contributed by atoms with E-state index in [0.717, 1.165) is 0 Å². The molecule has 7 heteroatoms. The van der Waals surface area contributed by atoms with Crippen LogP contribution in [-0.2, 0) is 14.3 Å². The fourth-order valence-electron chi connectivity index (χ4n) is 2.76. The molecule has 0 saturated heterocycles. The van der Waals surface area contributed by atoms with E-state index in [0.29, 0.717) is 12.4 Å². The van der Waals surface area contributed by atoms with E-state index in [2.05, 4.69) is 10.4 Å². The second-order valence-electron chi connectivity index (χ2n) is 6.09. The van der Waals surface area contributed by atoms with Crippen molar-refractivity contribution in [3.8, 4) is 0 Å². The summed E-state index contributed by atoms with van der Waals surface area (Å²) in [4.78, 5) is 23.3. The molecule has 1 aromatic heterocycles. The Hall–Kier alpha value is -1.89. The first-order valence-corrected chi connectivity index (χ1v) is 6.86. The summed E-state index contributed by atoms with van der Waals surface area (Å²) in [7, 11) is 1.61. The molecule has 7 nitrogen and oxygen atoms in total. The molecule has 1 aliphatic carbocycles. The van der Waals surface area contributed by atoms with E-state index in [4.69, 9.17) is 9.84 Å². The number of methoxy groups -OCH3 is 1. The summed E-state index contributed by atoms with van der Waals surface area (Å²) >= 11 is 0. The van der Waals surface area contributed by atoms with Crippen LogP contribution in [0.2, 0.25) is 0 Å². The first kappa shape index (κ1) is 15.5. The van der Waals surface area contributed by atoms with Gasteiger partial charge in [-0.05, 0) is 12.3 Å². The minimum atomic E-state index is -0.931. The molecule has 1 aromatic rings. The number of carboxylic acid groups (broad SMARTS) is 1. The third-order valence-corrected chi connectivity index (χ3v) is 4.09. The van der Waals surface area contributed by atoms with E-state index in [1.54, 1.807) is 37.9 Å². The summed E-state index contributed by atoms with van der Waals surface area (Å²) in [6, 6.07) is 1.75. The minimum absolute atomic E-state index is 0.0600. The molecule has 21 heavy (non-hydrogen) atoms. The number of carbonyl (C=O) groups excluding carboxylic acids is 1. The van der Waals surface area contributed by atoms with Gasteiger partial charge in [0.25, 0.3) is 0 Å². The Bertz CT molecular complexity index is 552. The van der Waals surface area contributed by atoms with Crippen molar-refractivity contribution in [2.45, 2.75) is 26.8 Å². The maximum atomic E-state index is 12.2. The van der Waals surface area contributed by atoms with Gasteiger partial charge in [-0.3, -0.25) is 14.3 Å². The van der Waals surface area contributed by atoms with Crippen molar-refractivity contribution in [3.63, 3.8) is 0 Å². The zero-order valence-electron chi connectivity index (χ0n) is 12.7. The summed E-state index contributed by atoms with van der Waals surface area (Å²) < 4.78 is 6.75. The molecule has 116 valence electrons. The number of nitrogens with zero attached hydrogens (tertiary/aromatic N) is 2. The highest BCUT2D eigenvalue weighted by Gasteiger charge is 2.65. The summed E-state index contributed by atoms with van der Waals surface area (Å²) in [6.45, 7) is 6.04. The third-order valence-electron chi connectivity index (χ3n) is 4.09. The number of ether oxygens (including phenoxy) is 1. The number of rotatable bonds is 6. The molecule has 3 atom stereocenters. The molecule has 0 radical (unpaired) electrons. The van der Waals surface area contributed by atoms with Crippen LogP contribution in [0, 0.1) is 17.3 Å². The predicted octanol–water partition coefficient (Wildman–Crippen LogP) is 1.39. The molecular formula is C14H21N3O4. The lowest BCUT2D eigenvalue weighted by Crippen LogP contribution is -2.19. The highest BCUT2D eigenvalue weighted by Crippen LogP contribution is 2.58. The fraction of sp³-hybridized carbons (Fsp3) is 0.643. The molecule has 2 rings (SSSR count). The van der Waals surface area contributed by atoms with Crippen LogP contribution in [0.5, 0.6) is 0 Å². The van der Waals surface area contributed by atoms with Crippen LogP contribution in [0.15, 0.2) is 12.3 Å². The van der Waals surface area contributed by atoms with Crippen molar-refractivity contribution >= 4 is 17.7 Å². The number of carbonyl (C=O) groups is 2. The van der Waals surface area contributed by atoms with Gasteiger partial charge in [0.15, 0.2) is 5.82 Å². The molecule has 0 aliphatic heterocycles. The average molecular weight is 295 g/mol. The SMILES string of the molecule is COCC(C)n1ccc(NC(=O)[C@@H]2[C@H](C(=O)O)C2(C)C)n1. The van der Waals surface area contributed by atoms with Gasteiger partial charge in [0, 0.05) is 19.4 Å². The predicted molar refractivity (Wildman–Crippen MR) is 75.8 cm³/mol. The Kier molecular flexibility index (Phi) is 4.04. The molecule has 0 bridgehead atoms. The van der Waals surface area contributed by atoms with Gasteiger partial charge < -0.3 is 15.2 Å². The van der Waals surface area contributed by atoms with Crippen LogP contribution < -0.4 is 5.32 Å². The number of hydrogen-bond acceptors (Lipinski definition) is 4. The molecule has 1 saturated carbocycles. The number of hydrogen-bond donors (Lipinski definition) is 2. The third kappa shape index (κ3) is 2.92. The minimum Gasteiger partial charge on any atom is -0.481 e. The Morgan fingerprint density at radius 2 is 2.19 bits per heavy atom. The van der Waals surface area contributed by atoms with E-state index in [9.17, 15) is 9.59 Å². The summed E-state index contributed by atoms with van der Waals surface area (Å²) in [6.07, 6.45) is 1.76. The second kappa shape index (κ2) is 5.48. The van der Waals surface area contributed by atoms with Crippen molar-refractivity contribution in [3.05, 3.63) is 12.3 Å². The van der Waals surface area contributed by atoms with E-state index in [-0.39, 0.29) is 11.9 Å². The molecule has 1 aliphatic rings. The van der Waals surface area contributed by atoms with Gasteiger partial charge in [0.2, 0.25) is 5.91 Å². The lowest BCUT2D eigenvalue weighted by Gasteiger charge is -2.10. The summed E-state index contributed by atoms with van der Waals surface area (Å²) in [5.74, 6) is -1.95. The topological polar surface area (TPSA) is 93.5 Å². The lowest BCUT2D eigenvalue weighted by molar-refractivity contribution is -0.140. The lowest BCUT2D eigenvalue weighted by atomic mass is 10.1. The molecule has 1 amide bonds. The number of aromatic nitrogens is 2. The monoisotopic (exact) mass is 295 g/mol. The molecule has 2 N–H and O–H groups in total. The van der Waals surface area contributed by atoms with Crippen LogP contribution in [0.4, 0.5) is 5.82 Å². The molecule has 1 unspecified atom stereocenters. The Balaban J connectivity index is 2.00. The zero-order valence-corrected chi connectivity index (χ0v) is 12.7. The normalized spacial score (nSPS) is 24.4. The summed E-state index contributed by atoms with van der Waals surface area (Å²) in [5.41, 5.74) is -0.512. The van der Waals surface area contributed by atoms with Crippen molar-refractivity contribution in [1.29, 1.82) is 0 Å². The first-order chi connectivity index (χ1) is 9.78. The quantitative estimate of drug-likeness (QED) is 0.827. The Morgan fingerprint density at radius 3 is 2.71 bits per heavy atom. The number of anilines is 1. The number of amides is 1. The number of aliphatic carboxylic acids is 1. The highest BCUT2D eigenvalue weighted by atomic mass is 16.5. The number of nitrogens with one attached hydrogen (secondary N) is 1. The van der Waals surface area contributed by atoms with E-state index < -0.39 is 23.2 Å². The van der Waals surface area contributed by atoms with E-state index >= 15 is 0 Å². The molecular weight excluding hydrogens is 274 g/mol. The van der Waals surface area contributed by atoms with Crippen LogP contribution in [0.1, 0.15) is 26.8 Å². The van der Waals surface area contributed by atoms with E-state index in [1.165, 1.54) is 0 Å². The fourth-order valence-corrected chi connectivity index (χ4v) is 2.76. The van der Waals surface area contributed by atoms with Gasteiger partial charge in [-0.1, -0.05) is 13.8 Å². The molecule has 1 fully saturated rings. The molecule has 0 spiro atoms. The van der Waals surface area contributed by atoms with Crippen molar-refractivity contribution in [2.75, 3.05) is 19.0 Å². The van der Waals surface area contributed by atoms with Gasteiger partial charge in [0.1, 0.15) is 0 Å². The standard InChI is InChI=1S/C14H21N3O4/c1-8(7-21-4)17-6-5-9(16-17)15-12(18)10-11(13(19)20)14(10,2)3/h5-6,8,10-11H,7H2,1-4H3,(H,19,20)(H,15,16,18)/t8?,10-,11+/m0/s1. The smallest absolute Gasteiger partial charge is 0.307 e. The maximum Gasteiger partial charge on any atom is 0.307 e. The van der Waals surface area contributed by atoms with Crippen LogP contribution >= 0.6 is 0 Å². The van der Waals surface area contributed by atoms with Gasteiger partial charge in [-0.15, -0.1) is 0 Å². The van der Waals surface area contributed by atoms with Crippen molar-refractivity contribution in [2.24, 2.45) is 17.3 Å². The number of carboxylic acids is 1. The van der Waals surface area contributed by atoms with Crippen LogP contribution in [-0.4, -0.2) is 40.5 Å². The average Bonchev–Trinajstić information content (AvgIpc) is 2.75. The van der Waals surface area contributed by atoms with E-state index in [1.807, 2.05) is 6.92 Å². The molecule has 0 aromatic carbocycles. The summed E-state index contributed by atoms with van der Waals surface area (Å²) in [5, 5.41) is 16.0. The van der Waals surface area contributed by atoms with Gasteiger partial charge >= 0.3 is 5.97 Å². The Morgan fingerprint density at radius 1 is 1.52 bits per heavy atom. The van der Waals surface area contributed by atoms with Crippen LogP contribution in [0.3, 0.4) is 0 Å². The van der Waals surface area contributed by atoms with Crippen molar-refractivity contribution < 1.29 is 19.4 Å². The van der Waals surface area contributed by atoms with Gasteiger partial charge in [-0.25, -0.2) is 0 Å². The van der Waals surface area contributed by atoms with Crippen molar-refractivity contribution in [1.82, 2.24) is 9.78 Å².